The van der Waals surface area contributed by atoms with E-state index in [2.05, 4.69) is 13.8 Å². The molecule has 92 valence electrons. The fourth-order valence-corrected chi connectivity index (χ4v) is 4.08. The van der Waals surface area contributed by atoms with Crippen LogP contribution in [0.5, 0.6) is 0 Å². The molecule has 0 heterocycles. The summed E-state index contributed by atoms with van der Waals surface area (Å²) in [5, 5.41) is 18.8. The van der Waals surface area contributed by atoms with E-state index in [4.69, 9.17) is 0 Å². The van der Waals surface area contributed by atoms with Crippen LogP contribution < -0.4 is 0 Å². The first kappa shape index (κ1) is 12.1. The fourth-order valence-electron chi connectivity index (χ4n) is 4.08. The average Bonchev–Trinajstić information content (AvgIpc) is 2.64. The van der Waals surface area contributed by atoms with Crippen molar-refractivity contribution in [1.82, 2.24) is 0 Å². The van der Waals surface area contributed by atoms with Crippen LogP contribution in [0, 0.1) is 17.3 Å². The van der Waals surface area contributed by atoms with Gasteiger partial charge < -0.3 is 10.2 Å². The molecule has 2 aliphatic rings. The van der Waals surface area contributed by atoms with E-state index in [0.717, 1.165) is 12.8 Å². The van der Waals surface area contributed by atoms with Crippen molar-refractivity contribution < 1.29 is 10.2 Å². The van der Waals surface area contributed by atoms with E-state index in [1.165, 1.54) is 30.4 Å². The molecule has 0 amide bonds. The lowest BCUT2D eigenvalue weighted by molar-refractivity contribution is 0.114. The Kier molecular flexibility index (Phi) is 3.41. The van der Waals surface area contributed by atoms with Crippen LogP contribution in [-0.2, 0) is 0 Å². The molecule has 2 aliphatic carbocycles. The van der Waals surface area contributed by atoms with Gasteiger partial charge in [0.05, 0.1) is 6.61 Å². The molecule has 0 bridgehead atoms. The first-order valence-corrected chi connectivity index (χ1v) is 6.56. The van der Waals surface area contributed by atoms with E-state index >= 15 is 0 Å². The summed E-state index contributed by atoms with van der Waals surface area (Å²) >= 11 is 0. The van der Waals surface area contributed by atoms with Crippen molar-refractivity contribution in [3.05, 3.63) is 11.1 Å². The summed E-state index contributed by atoms with van der Waals surface area (Å²) in [7, 11) is 0. The summed E-state index contributed by atoms with van der Waals surface area (Å²) < 4.78 is 0. The van der Waals surface area contributed by atoms with Gasteiger partial charge in [0.2, 0.25) is 0 Å². The quantitative estimate of drug-likeness (QED) is 0.723. The second-order valence-corrected chi connectivity index (χ2v) is 5.82. The largest absolute Gasteiger partial charge is 0.396 e. The molecule has 0 aromatic heterocycles. The summed E-state index contributed by atoms with van der Waals surface area (Å²) in [6, 6.07) is 0. The zero-order chi connectivity index (χ0) is 11.8. The summed E-state index contributed by atoms with van der Waals surface area (Å²) in [6.07, 6.45) is 5.85. The molecular weight excluding hydrogens is 200 g/mol. The summed E-state index contributed by atoms with van der Waals surface area (Å²) in [5.41, 5.74) is 3.08. The van der Waals surface area contributed by atoms with Crippen LogP contribution in [0.4, 0.5) is 0 Å². The van der Waals surface area contributed by atoms with Gasteiger partial charge in [0.25, 0.3) is 0 Å². The second kappa shape index (κ2) is 4.50. The van der Waals surface area contributed by atoms with Crippen LogP contribution in [0.15, 0.2) is 11.1 Å². The highest BCUT2D eigenvalue weighted by Crippen LogP contribution is 2.56. The van der Waals surface area contributed by atoms with Gasteiger partial charge in [-0.2, -0.15) is 0 Å². The minimum Gasteiger partial charge on any atom is -0.396 e. The molecule has 2 nitrogen and oxygen atoms in total. The third-order valence-corrected chi connectivity index (χ3v) is 4.98. The minimum absolute atomic E-state index is 0.241. The Hall–Kier alpha value is -0.340. The average molecular weight is 224 g/mol. The first-order chi connectivity index (χ1) is 7.63. The van der Waals surface area contributed by atoms with Crippen LogP contribution in [0.25, 0.3) is 0 Å². The van der Waals surface area contributed by atoms with Crippen LogP contribution in [0.1, 0.15) is 46.0 Å². The van der Waals surface area contributed by atoms with Crippen LogP contribution in [-0.4, -0.2) is 23.4 Å². The smallest absolute Gasteiger partial charge is 0.0644 e. The third-order valence-electron chi connectivity index (χ3n) is 4.98. The van der Waals surface area contributed by atoms with Gasteiger partial charge in [-0.1, -0.05) is 19.4 Å². The molecule has 3 atom stereocenters. The zero-order valence-corrected chi connectivity index (χ0v) is 10.5. The Labute approximate surface area is 98.4 Å². The fraction of sp³-hybridized carbons (Fsp3) is 0.857. The van der Waals surface area contributed by atoms with Crippen molar-refractivity contribution in [1.29, 1.82) is 0 Å². The van der Waals surface area contributed by atoms with E-state index in [-0.39, 0.29) is 12.0 Å². The lowest BCUT2D eigenvalue weighted by Gasteiger charge is -2.40. The highest BCUT2D eigenvalue weighted by molar-refractivity contribution is 5.30. The van der Waals surface area contributed by atoms with Crippen molar-refractivity contribution in [2.75, 3.05) is 13.2 Å². The molecule has 1 fully saturated rings. The molecule has 0 unspecified atom stereocenters. The van der Waals surface area contributed by atoms with E-state index in [1.807, 2.05) is 0 Å². The SMILES string of the molecule is C[C@H](CO)[C@H]1CCC2=C(CO)CCC[C@@]21C. The lowest BCUT2D eigenvalue weighted by Crippen LogP contribution is -2.32. The van der Waals surface area contributed by atoms with Crippen molar-refractivity contribution in [2.24, 2.45) is 17.3 Å². The normalized spacial score (nSPS) is 36.4. The zero-order valence-electron chi connectivity index (χ0n) is 10.5. The number of rotatable bonds is 3. The summed E-state index contributed by atoms with van der Waals surface area (Å²) in [5.74, 6) is 0.995. The van der Waals surface area contributed by atoms with E-state index in [0.29, 0.717) is 18.4 Å². The number of hydrogen-bond acceptors (Lipinski definition) is 2. The molecule has 1 saturated carbocycles. The molecule has 0 spiro atoms. The molecule has 0 aromatic carbocycles. The first-order valence-electron chi connectivity index (χ1n) is 6.56. The highest BCUT2D eigenvalue weighted by Gasteiger charge is 2.46. The predicted octanol–water partition coefficient (Wildman–Crippen LogP) is 2.50. The Morgan fingerprint density at radius 3 is 2.75 bits per heavy atom. The topological polar surface area (TPSA) is 40.5 Å². The number of allylic oxidation sites excluding steroid dienone is 1. The number of aliphatic hydroxyl groups is 2. The van der Waals surface area contributed by atoms with Gasteiger partial charge in [0, 0.05) is 6.61 Å². The minimum atomic E-state index is 0.241. The van der Waals surface area contributed by atoms with Crippen molar-refractivity contribution in [3.63, 3.8) is 0 Å². The van der Waals surface area contributed by atoms with Crippen LogP contribution in [0.3, 0.4) is 0 Å². The van der Waals surface area contributed by atoms with Gasteiger partial charge in [-0.25, -0.2) is 0 Å². The van der Waals surface area contributed by atoms with E-state index < -0.39 is 0 Å². The third kappa shape index (κ3) is 1.72. The van der Waals surface area contributed by atoms with Crippen LogP contribution in [0.2, 0.25) is 0 Å². The van der Waals surface area contributed by atoms with Crippen molar-refractivity contribution in [2.45, 2.75) is 46.0 Å². The maximum absolute atomic E-state index is 9.43. The molecule has 16 heavy (non-hydrogen) atoms. The van der Waals surface area contributed by atoms with E-state index in [1.54, 1.807) is 0 Å². The number of aliphatic hydroxyl groups excluding tert-OH is 2. The number of fused-ring (bicyclic) bond motifs is 1. The molecule has 0 aromatic rings. The standard InChI is InChI=1S/C14H24O2/c1-10(8-15)12-5-6-13-11(9-16)4-3-7-14(12,13)2/h10,12,15-16H,3-9H2,1-2H3/t10-,12-,14-/m1/s1. The van der Waals surface area contributed by atoms with Crippen LogP contribution >= 0.6 is 0 Å². The van der Waals surface area contributed by atoms with Gasteiger partial charge >= 0.3 is 0 Å². The molecule has 0 radical (unpaired) electrons. The van der Waals surface area contributed by atoms with E-state index in [9.17, 15) is 10.2 Å². The summed E-state index contributed by atoms with van der Waals surface area (Å²) in [6.45, 7) is 5.04. The van der Waals surface area contributed by atoms with Gasteiger partial charge in [-0.15, -0.1) is 0 Å². The molecule has 2 N–H and O–H groups in total. The summed E-state index contributed by atoms with van der Waals surface area (Å²) in [4.78, 5) is 0. The van der Waals surface area contributed by atoms with Crippen molar-refractivity contribution >= 4 is 0 Å². The molecule has 2 heteroatoms. The Morgan fingerprint density at radius 2 is 2.12 bits per heavy atom. The monoisotopic (exact) mass is 224 g/mol. The van der Waals surface area contributed by atoms with Gasteiger partial charge in [0.15, 0.2) is 0 Å². The predicted molar refractivity (Wildman–Crippen MR) is 65.0 cm³/mol. The lowest BCUT2D eigenvalue weighted by atomic mass is 9.65. The molecule has 0 aliphatic heterocycles. The molecule has 2 rings (SSSR count). The maximum atomic E-state index is 9.43. The van der Waals surface area contributed by atoms with Crippen molar-refractivity contribution in [3.8, 4) is 0 Å². The second-order valence-electron chi connectivity index (χ2n) is 5.82. The Bertz CT molecular complexity index is 295. The Balaban J connectivity index is 2.31. The molecular formula is C14H24O2. The van der Waals surface area contributed by atoms with Gasteiger partial charge in [0.1, 0.15) is 0 Å². The molecule has 0 saturated heterocycles. The number of hydrogen-bond donors (Lipinski definition) is 2. The Morgan fingerprint density at radius 1 is 1.38 bits per heavy atom. The maximum Gasteiger partial charge on any atom is 0.0644 e. The van der Waals surface area contributed by atoms with Gasteiger partial charge in [-0.05, 0) is 54.9 Å². The highest BCUT2D eigenvalue weighted by atomic mass is 16.3. The van der Waals surface area contributed by atoms with Gasteiger partial charge in [-0.3, -0.25) is 0 Å².